The Hall–Kier alpha value is -1.42. The van der Waals surface area contributed by atoms with Crippen molar-refractivity contribution in [1.29, 1.82) is 0 Å². The fourth-order valence-electron chi connectivity index (χ4n) is 1.37. The molecule has 0 radical (unpaired) electrons. The van der Waals surface area contributed by atoms with Crippen LogP contribution in [-0.2, 0) is 6.54 Å². The van der Waals surface area contributed by atoms with Gasteiger partial charge in [0.2, 0.25) is 0 Å². The Morgan fingerprint density at radius 2 is 2.20 bits per heavy atom. The molecule has 2 rings (SSSR count). The van der Waals surface area contributed by atoms with Crippen molar-refractivity contribution in [3.63, 3.8) is 0 Å². The van der Waals surface area contributed by atoms with Crippen LogP contribution >= 0.6 is 15.9 Å². The van der Waals surface area contributed by atoms with Gasteiger partial charge in [0.1, 0.15) is 5.69 Å². The number of imidazole rings is 1. The van der Waals surface area contributed by atoms with E-state index < -0.39 is 0 Å². The maximum absolute atomic E-state index is 10.7. The largest absolute Gasteiger partial charge is 0.324 e. The molecule has 0 atom stereocenters. The minimum absolute atomic E-state index is 0.589. The van der Waals surface area contributed by atoms with Gasteiger partial charge in [0.25, 0.3) is 0 Å². The first-order valence-corrected chi connectivity index (χ1v) is 5.29. The molecule has 0 amide bonds. The first-order chi connectivity index (χ1) is 7.31. The summed E-state index contributed by atoms with van der Waals surface area (Å²) in [5.74, 6) is 0. The molecule has 0 aliphatic heterocycles. The Morgan fingerprint density at radius 1 is 1.40 bits per heavy atom. The van der Waals surface area contributed by atoms with Crippen molar-refractivity contribution in [1.82, 2.24) is 9.55 Å². The molecule has 0 saturated heterocycles. The van der Waals surface area contributed by atoms with E-state index in [2.05, 4.69) is 20.9 Å². The van der Waals surface area contributed by atoms with Crippen molar-refractivity contribution in [2.45, 2.75) is 6.54 Å². The zero-order valence-electron chi connectivity index (χ0n) is 7.93. The highest BCUT2D eigenvalue weighted by Gasteiger charge is 2.03. The Kier molecular flexibility index (Phi) is 2.97. The third kappa shape index (κ3) is 2.15. The van der Waals surface area contributed by atoms with E-state index in [0.29, 0.717) is 12.2 Å². The lowest BCUT2D eigenvalue weighted by atomic mass is 10.2. The van der Waals surface area contributed by atoms with Gasteiger partial charge >= 0.3 is 0 Å². The van der Waals surface area contributed by atoms with Crippen LogP contribution in [0.2, 0.25) is 0 Å². The average molecular weight is 265 g/mol. The second kappa shape index (κ2) is 4.40. The van der Waals surface area contributed by atoms with E-state index in [0.717, 1.165) is 16.3 Å². The second-order valence-electron chi connectivity index (χ2n) is 3.16. The molecule has 0 N–H and O–H groups in total. The highest BCUT2D eigenvalue weighted by molar-refractivity contribution is 9.10. The van der Waals surface area contributed by atoms with Gasteiger partial charge in [-0.1, -0.05) is 34.1 Å². The molecule has 1 heterocycles. The Balaban J connectivity index is 2.29. The number of halogens is 1. The number of hydrogen-bond acceptors (Lipinski definition) is 2. The number of nitrogens with zero attached hydrogens (tertiary/aromatic N) is 2. The molecule has 0 spiro atoms. The van der Waals surface area contributed by atoms with E-state index in [9.17, 15) is 4.79 Å². The molecule has 0 aliphatic rings. The summed E-state index contributed by atoms with van der Waals surface area (Å²) in [7, 11) is 0. The van der Waals surface area contributed by atoms with E-state index in [1.807, 2.05) is 28.8 Å². The number of carbonyl (C=O) groups is 1. The van der Waals surface area contributed by atoms with Gasteiger partial charge < -0.3 is 4.57 Å². The minimum atomic E-state index is 0.589. The number of benzene rings is 1. The molecule has 1 aromatic carbocycles. The standard InChI is InChI=1S/C11H9BrN2O/c12-11-4-2-1-3-9(11)6-14-8-13-5-10(14)7-15/h1-5,7-8H,6H2. The lowest BCUT2D eigenvalue weighted by molar-refractivity contribution is 0.111. The quantitative estimate of drug-likeness (QED) is 0.799. The number of aromatic nitrogens is 2. The molecule has 3 nitrogen and oxygen atoms in total. The molecular weight excluding hydrogens is 256 g/mol. The molecule has 0 bridgehead atoms. The molecule has 76 valence electrons. The van der Waals surface area contributed by atoms with Crippen LogP contribution in [0.5, 0.6) is 0 Å². The summed E-state index contributed by atoms with van der Waals surface area (Å²) in [5.41, 5.74) is 1.71. The van der Waals surface area contributed by atoms with Crippen molar-refractivity contribution in [3.8, 4) is 0 Å². The highest BCUT2D eigenvalue weighted by Crippen LogP contribution is 2.17. The molecule has 1 aromatic heterocycles. The number of hydrogen-bond donors (Lipinski definition) is 0. The smallest absolute Gasteiger partial charge is 0.168 e. The number of rotatable bonds is 3. The van der Waals surface area contributed by atoms with Crippen molar-refractivity contribution in [3.05, 3.63) is 52.5 Å². The van der Waals surface area contributed by atoms with Crippen LogP contribution in [0.3, 0.4) is 0 Å². The van der Waals surface area contributed by atoms with Crippen LogP contribution in [0.1, 0.15) is 16.1 Å². The van der Waals surface area contributed by atoms with Gasteiger partial charge in [-0.25, -0.2) is 4.98 Å². The zero-order chi connectivity index (χ0) is 10.7. The van der Waals surface area contributed by atoms with E-state index in [1.165, 1.54) is 0 Å². The topological polar surface area (TPSA) is 34.9 Å². The molecule has 0 saturated carbocycles. The molecular formula is C11H9BrN2O. The maximum atomic E-state index is 10.7. The summed E-state index contributed by atoms with van der Waals surface area (Å²) >= 11 is 3.47. The van der Waals surface area contributed by atoms with Crippen molar-refractivity contribution < 1.29 is 4.79 Å². The Morgan fingerprint density at radius 3 is 2.93 bits per heavy atom. The van der Waals surface area contributed by atoms with Gasteiger partial charge in [-0.05, 0) is 11.6 Å². The van der Waals surface area contributed by atoms with E-state index in [-0.39, 0.29) is 0 Å². The van der Waals surface area contributed by atoms with Crippen molar-refractivity contribution in [2.24, 2.45) is 0 Å². The third-order valence-corrected chi connectivity index (χ3v) is 2.94. The molecule has 2 aromatic rings. The monoisotopic (exact) mass is 264 g/mol. The van der Waals surface area contributed by atoms with Crippen molar-refractivity contribution >= 4 is 22.2 Å². The maximum Gasteiger partial charge on any atom is 0.168 e. The van der Waals surface area contributed by atoms with Crippen LogP contribution in [0, 0.1) is 0 Å². The lowest BCUT2D eigenvalue weighted by Gasteiger charge is -2.06. The summed E-state index contributed by atoms with van der Waals surface area (Å²) in [6, 6.07) is 7.92. The van der Waals surface area contributed by atoms with Gasteiger partial charge in [-0.3, -0.25) is 4.79 Å². The summed E-state index contributed by atoms with van der Waals surface area (Å²) in [6.07, 6.45) is 4.02. The fraction of sp³-hybridized carbons (Fsp3) is 0.0909. The van der Waals surface area contributed by atoms with Gasteiger partial charge in [-0.2, -0.15) is 0 Å². The normalized spacial score (nSPS) is 10.2. The Labute approximate surface area is 95.9 Å². The summed E-state index contributed by atoms with van der Waals surface area (Å²) < 4.78 is 2.85. The lowest BCUT2D eigenvalue weighted by Crippen LogP contribution is -2.02. The molecule has 0 aliphatic carbocycles. The zero-order valence-corrected chi connectivity index (χ0v) is 9.52. The van der Waals surface area contributed by atoms with Gasteiger partial charge in [0.05, 0.1) is 19.1 Å². The van der Waals surface area contributed by atoms with Crippen LogP contribution in [0.4, 0.5) is 0 Å². The summed E-state index contributed by atoms with van der Waals surface area (Å²) in [5, 5.41) is 0. The summed E-state index contributed by atoms with van der Waals surface area (Å²) in [4.78, 5) is 14.6. The minimum Gasteiger partial charge on any atom is -0.324 e. The summed E-state index contributed by atoms with van der Waals surface area (Å²) in [6.45, 7) is 0.648. The van der Waals surface area contributed by atoms with Gasteiger partial charge in [0, 0.05) is 4.47 Å². The SMILES string of the molecule is O=Cc1cncn1Cc1ccccc1Br. The van der Waals surface area contributed by atoms with Gasteiger partial charge in [-0.15, -0.1) is 0 Å². The van der Waals surface area contributed by atoms with E-state index in [4.69, 9.17) is 0 Å². The highest BCUT2D eigenvalue weighted by atomic mass is 79.9. The predicted octanol–water partition coefficient (Wildman–Crippen LogP) is 2.51. The van der Waals surface area contributed by atoms with Crippen molar-refractivity contribution in [2.75, 3.05) is 0 Å². The fourth-order valence-corrected chi connectivity index (χ4v) is 1.78. The average Bonchev–Trinajstić information content (AvgIpc) is 2.69. The molecule has 15 heavy (non-hydrogen) atoms. The predicted molar refractivity (Wildman–Crippen MR) is 60.9 cm³/mol. The number of aldehydes is 1. The van der Waals surface area contributed by atoms with Crippen LogP contribution in [-0.4, -0.2) is 15.8 Å². The van der Waals surface area contributed by atoms with E-state index >= 15 is 0 Å². The van der Waals surface area contributed by atoms with Crippen LogP contribution < -0.4 is 0 Å². The first kappa shape index (κ1) is 10.1. The number of carbonyl (C=O) groups excluding carboxylic acids is 1. The van der Waals surface area contributed by atoms with Crippen LogP contribution in [0.15, 0.2) is 41.3 Å². The van der Waals surface area contributed by atoms with Crippen LogP contribution in [0.25, 0.3) is 0 Å². The first-order valence-electron chi connectivity index (χ1n) is 4.50. The molecule has 0 fully saturated rings. The van der Waals surface area contributed by atoms with E-state index in [1.54, 1.807) is 12.5 Å². The third-order valence-electron chi connectivity index (χ3n) is 2.16. The second-order valence-corrected chi connectivity index (χ2v) is 4.01. The molecule has 4 heteroatoms. The van der Waals surface area contributed by atoms with Gasteiger partial charge in [0.15, 0.2) is 6.29 Å². The molecule has 0 unspecified atom stereocenters. The Bertz CT molecular complexity index is 479.